The Hall–Kier alpha value is -1.30. The van der Waals surface area contributed by atoms with Gasteiger partial charge in [-0.15, -0.1) is 0 Å². The van der Waals surface area contributed by atoms with Crippen LogP contribution in [0.1, 0.15) is 32.4 Å². The molecular weight excluding hydrogens is 262 g/mol. The standard InChI is InChI=1S/C13H17F4NO/c1-12(2,3)10(18)8-6-4-5-7-9(8)19-13(16,17)11(14)15/h4-7,10-11H,18H2,1-3H3/t10-/m0/s1. The second-order valence-electron chi connectivity index (χ2n) is 5.35. The lowest BCUT2D eigenvalue weighted by molar-refractivity contribution is -0.253. The van der Waals surface area contributed by atoms with Crippen molar-refractivity contribution in [3.8, 4) is 5.75 Å². The summed E-state index contributed by atoms with van der Waals surface area (Å²) in [7, 11) is 0. The quantitative estimate of drug-likeness (QED) is 0.846. The lowest BCUT2D eigenvalue weighted by Crippen LogP contribution is -2.35. The third kappa shape index (κ3) is 3.83. The number of rotatable bonds is 4. The Morgan fingerprint density at radius 3 is 2.11 bits per heavy atom. The monoisotopic (exact) mass is 279 g/mol. The number of alkyl halides is 4. The van der Waals surface area contributed by atoms with Crippen LogP contribution in [0.3, 0.4) is 0 Å². The zero-order valence-electron chi connectivity index (χ0n) is 11.0. The molecule has 0 spiro atoms. The van der Waals surface area contributed by atoms with Gasteiger partial charge in [0.15, 0.2) is 0 Å². The fraction of sp³-hybridized carbons (Fsp3) is 0.538. The lowest BCUT2D eigenvalue weighted by atomic mass is 9.83. The number of benzene rings is 1. The summed E-state index contributed by atoms with van der Waals surface area (Å²) in [6.45, 7) is 5.46. The maximum absolute atomic E-state index is 13.0. The van der Waals surface area contributed by atoms with Crippen molar-refractivity contribution in [2.75, 3.05) is 0 Å². The molecule has 1 aromatic rings. The van der Waals surface area contributed by atoms with Gasteiger partial charge >= 0.3 is 12.5 Å². The van der Waals surface area contributed by atoms with E-state index < -0.39 is 24.0 Å². The third-order valence-electron chi connectivity index (χ3n) is 2.69. The molecule has 0 aromatic heterocycles. The number of hydrogen-bond acceptors (Lipinski definition) is 2. The fourth-order valence-corrected chi connectivity index (χ4v) is 1.49. The molecule has 0 saturated heterocycles. The maximum Gasteiger partial charge on any atom is 0.461 e. The number of ether oxygens (including phenoxy) is 1. The molecule has 0 fully saturated rings. The molecule has 0 unspecified atom stereocenters. The highest BCUT2D eigenvalue weighted by molar-refractivity contribution is 5.37. The summed E-state index contributed by atoms with van der Waals surface area (Å²) >= 11 is 0. The lowest BCUT2D eigenvalue weighted by Gasteiger charge is -2.29. The van der Waals surface area contributed by atoms with E-state index >= 15 is 0 Å². The summed E-state index contributed by atoms with van der Waals surface area (Å²) in [5, 5.41) is 0. The smallest absolute Gasteiger partial charge is 0.428 e. The van der Waals surface area contributed by atoms with E-state index in [1.165, 1.54) is 18.2 Å². The minimum Gasteiger partial charge on any atom is -0.428 e. The first-order valence-corrected chi connectivity index (χ1v) is 5.75. The van der Waals surface area contributed by atoms with Gasteiger partial charge in [-0.1, -0.05) is 39.0 Å². The average Bonchev–Trinajstić information content (AvgIpc) is 2.27. The van der Waals surface area contributed by atoms with Gasteiger partial charge in [-0.2, -0.15) is 17.6 Å². The van der Waals surface area contributed by atoms with Crippen LogP contribution in [0.5, 0.6) is 5.75 Å². The molecule has 0 amide bonds. The van der Waals surface area contributed by atoms with Crippen molar-refractivity contribution in [3.05, 3.63) is 29.8 Å². The molecule has 1 rings (SSSR count). The molecule has 6 heteroatoms. The summed E-state index contributed by atoms with van der Waals surface area (Å²) in [5.74, 6) is -0.324. The molecule has 2 N–H and O–H groups in total. The van der Waals surface area contributed by atoms with Crippen molar-refractivity contribution >= 4 is 0 Å². The predicted octanol–water partition coefficient (Wildman–Crippen LogP) is 3.97. The van der Waals surface area contributed by atoms with Crippen molar-refractivity contribution in [1.82, 2.24) is 0 Å². The maximum atomic E-state index is 13.0. The van der Waals surface area contributed by atoms with E-state index in [1.54, 1.807) is 6.07 Å². The van der Waals surface area contributed by atoms with Crippen LogP contribution in [0.2, 0.25) is 0 Å². The van der Waals surface area contributed by atoms with Gasteiger partial charge in [0.25, 0.3) is 0 Å². The number of nitrogens with two attached hydrogens (primary N) is 1. The van der Waals surface area contributed by atoms with E-state index in [0.29, 0.717) is 0 Å². The van der Waals surface area contributed by atoms with E-state index in [0.717, 1.165) is 0 Å². The van der Waals surface area contributed by atoms with Gasteiger partial charge in [0, 0.05) is 11.6 Å². The molecule has 108 valence electrons. The molecule has 0 saturated carbocycles. The molecule has 0 aliphatic heterocycles. The summed E-state index contributed by atoms with van der Waals surface area (Å²) in [4.78, 5) is 0. The zero-order valence-corrected chi connectivity index (χ0v) is 11.0. The van der Waals surface area contributed by atoms with E-state index in [-0.39, 0.29) is 11.3 Å². The molecule has 0 aliphatic carbocycles. The van der Waals surface area contributed by atoms with Crippen LogP contribution >= 0.6 is 0 Å². The molecule has 1 atom stereocenters. The summed E-state index contributed by atoms with van der Waals surface area (Å²) < 4.78 is 54.4. The van der Waals surface area contributed by atoms with Crippen LogP contribution in [0.4, 0.5) is 17.6 Å². The van der Waals surface area contributed by atoms with Gasteiger partial charge < -0.3 is 10.5 Å². The van der Waals surface area contributed by atoms with Crippen LogP contribution in [0.15, 0.2) is 24.3 Å². The first-order chi connectivity index (χ1) is 8.55. The molecular formula is C13H17F4NO. The second-order valence-corrected chi connectivity index (χ2v) is 5.35. The Bertz CT molecular complexity index is 429. The van der Waals surface area contributed by atoms with Crippen LogP contribution in [0.25, 0.3) is 0 Å². The minimum absolute atomic E-state index is 0.273. The van der Waals surface area contributed by atoms with Gasteiger partial charge in [-0.05, 0) is 11.5 Å². The molecule has 1 aromatic carbocycles. The minimum atomic E-state index is -4.53. The highest BCUT2D eigenvalue weighted by Gasteiger charge is 2.44. The largest absolute Gasteiger partial charge is 0.461 e. The van der Waals surface area contributed by atoms with E-state index in [4.69, 9.17) is 5.73 Å². The van der Waals surface area contributed by atoms with Crippen LogP contribution in [-0.2, 0) is 0 Å². The highest BCUT2D eigenvalue weighted by Crippen LogP contribution is 2.38. The van der Waals surface area contributed by atoms with Crippen LogP contribution in [-0.4, -0.2) is 12.5 Å². The Morgan fingerprint density at radius 1 is 1.11 bits per heavy atom. The van der Waals surface area contributed by atoms with E-state index in [9.17, 15) is 17.6 Å². The van der Waals surface area contributed by atoms with Gasteiger partial charge in [0.05, 0.1) is 0 Å². The molecule has 2 nitrogen and oxygen atoms in total. The summed E-state index contributed by atoms with van der Waals surface area (Å²) in [5.41, 5.74) is 5.81. The van der Waals surface area contributed by atoms with Gasteiger partial charge in [0.2, 0.25) is 0 Å². The van der Waals surface area contributed by atoms with Gasteiger partial charge in [-0.25, -0.2) is 0 Å². The van der Waals surface area contributed by atoms with Crippen molar-refractivity contribution < 1.29 is 22.3 Å². The Kier molecular flexibility index (Phi) is 4.45. The molecule has 0 bridgehead atoms. The third-order valence-corrected chi connectivity index (χ3v) is 2.69. The first kappa shape index (κ1) is 15.8. The highest BCUT2D eigenvalue weighted by atomic mass is 19.3. The van der Waals surface area contributed by atoms with Crippen LogP contribution < -0.4 is 10.5 Å². The normalized spacial score (nSPS) is 14.6. The van der Waals surface area contributed by atoms with Crippen molar-refractivity contribution in [3.63, 3.8) is 0 Å². The number of para-hydroxylation sites is 1. The first-order valence-electron chi connectivity index (χ1n) is 5.75. The topological polar surface area (TPSA) is 35.2 Å². The Labute approximate surface area is 109 Å². The number of halogens is 4. The Morgan fingerprint density at radius 2 is 1.63 bits per heavy atom. The van der Waals surface area contributed by atoms with Crippen molar-refractivity contribution in [1.29, 1.82) is 0 Å². The molecule has 0 radical (unpaired) electrons. The molecule has 0 heterocycles. The van der Waals surface area contributed by atoms with Gasteiger partial charge in [-0.3, -0.25) is 0 Å². The van der Waals surface area contributed by atoms with Crippen molar-refractivity contribution in [2.45, 2.75) is 39.3 Å². The predicted molar refractivity (Wildman–Crippen MR) is 64.4 cm³/mol. The number of hydrogen-bond donors (Lipinski definition) is 1. The van der Waals surface area contributed by atoms with E-state index in [1.807, 2.05) is 20.8 Å². The summed E-state index contributed by atoms with van der Waals surface area (Å²) in [6.07, 6.45) is -8.43. The van der Waals surface area contributed by atoms with Crippen molar-refractivity contribution in [2.24, 2.45) is 11.1 Å². The SMILES string of the molecule is CC(C)(C)[C@@H](N)c1ccccc1OC(F)(F)C(F)F. The summed E-state index contributed by atoms with van der Waals surface area (Å²) in [6, 6.07) is 5.10. The Balaban J connectivity index is 3.10. The zero-order chi connectivity index (χ0) is 14.8. The average molecular weight is 279 g/mol. The second kappa shape index (κ2) is 5.36. The van der Waals surface area contributed by atoms with E-state index in [2.05, 4.69) is 4.74 Å². The van der Waals surface area contributed by atoms with Crippen LogP contribution in [0, 0.1) is 5.41 Å². The molecule has 0 aliphatic rings. The molecule has 19 heavy (non-hydrogen) atoms. The fourth-order valence-electron chi connectivity index (χ4n) is 1.49. The van der Waals surface area contributed by atoms with Gasteiger partial charge in [0.1, 0.15) is 5.75 Å².